The number of rotatable bonds is 2. The highest BCUT2D eigenvalue weighted by atomic mass is 16.5. The Balaban J connectivity index is 1.73. The lowest BCUT2D eigenvalue weighted by molar-refractivity contribution is -0.0575. The Morgan fingerprint density at radius 1 is 1.33 bits per heavy atom. The van der Waals surface area contributed by atoms with Gasteiger partial charge < -0.3 is 9.47 Å². The molecule has 0 spiro atoms. The quantitative estimate of drug-likeness (QED) is 0.755. The van der Waals surface area contributed by atoms with Gasteiger partial charge in [0.05, 0.1) is 18.3 Å². The summed E-state index contributed by atoms with van der Waals surface area (Å²) in [6.45, 7) is 9.56. The molecule has 3 heteroatoms. The van der Waals surface area contributed by atoms with Gasteiger partial charge in [0.15, 0.2) is 0 Å². The van der Waals surface area contributed by atoms with Crippen molar-refractivity contribution in [2.24, 2.45) is 0 Å². The number of hydrogen-bond donors (Lipinski definition) is 0. The molecule has 0 aliphatic carbocycles. The van der Waals surface area contributed by atoms with Crippen LogP contribution in [-0.2, 0) is 9.47 Å². The predicted molar refractivity (Wildman–Crippen MR) is 71.8 cm³/mol. The van der Waals surface area contributed by atoms with Crippen molar-refractivity contribution in [1.29, 1.82) is 0 Å². The topological polar surface area (TPSA) is 21.7 Å². The fourth-order valence-electron chi connectivity index (χ4n) is 4.01. The first-order valence-electron chi connectivity index (χ1n) is 7.53. The highest BCUT2D eigenvalue weighted by Crippen LogP contribution is 2.46. The van der Waals surface area contributed by atoms with E-state index in [1.807, 2.05) is 0 Å². The lowest BCUT2D eigenvalue weighted by Crippen LogP contribution is -2.48. The molecule has 0 aromatic rings. The van der Waals surface area contributed by atoms with Crippen molar-refractivity contribution in [3.8, 4) is 0 Å². The van der Waals surface area contributed by atoms with Crippen molar-refractivity contribution < 1.29 is 9.47 Å². The van der Waals surface area contributed by atoms with E-state index in [1.165, 1.54) is 38.6 Å². The summed E-state index contributed by atoms with van der Waals surface area (Å²) < 4.78 is 12.1. The van der Waals surface area contributed by atoms with Gasteiger partial charge in [-0.05, 0) is 59.4 Å². The Bertz CT molecular complexity index is 312. The van der Waals surface area contributed by atoms with Gasteiger partial charge >= 0.3 is 0 Å². The third kappa shape index (κ3) is 2.21. The average Bonchev–Trinajstić information content (AvgIpc) is 2.81. The van der Waals surface area contributed by atoms with E-state index in [9.17, 15) is 0 Å². The van der Waals surface area contributed by atoms with E-state index >= 15 is 0 Å². The van der Waals surface area contributed by atoms with Gasteiger partial charge in [0.2, 0.25) is 0 Å². The zero-order valence-electron chi connectivity index (χ0n) is 12.1. The molecule has 3 atom stereocenters. The van der Waals surface area contributed by atoms with E-state index in [2.05, 4.69) is 25.7 Å². The molecule has 0 bridgehead atoms. The maximum Gasteiger partial charge on any atom is 0.0748 e. The van der Waals surface area contributed by atoms with Crippen molar-refractivity contribution in [3.05, 3.63) is 0 Å². The summed E-state index contributed by atoms with van der Waals surface area (Å²) >= 11 is 0. The second kappa shape index (κ2) is 4.46. The second-order valence-electron chi connectivity index (χ2n) is 7.25. The molecule has 18 heavy (non-hydrogen) atoms. The molecule has 3 unspecified atom stereocenters. The molecule has 104 valence electrons. The van der Waals surface area contributed by atoms with Crippen molar-refractivity contribution in [1.82, 2.24) is 4.90 Å². The Morgan fingerprint density at radius 3 is 2.94 bits per heavy atom. The first kappa shape index (κ1) is 12.9. The summed E-state index contributed by atoms with van der Waals surface area (Å²) in [5, 5.41) is 0. The molecular formula is C15H27NO2. The molecule has 3 aliphatic heterocycles. The van der Waals surface area contributed by atoms with Crippen molar-refractivity contribution in [3.63, 3.8) is 0 Å². The molecule has 0 N–H and O–H groups in total. The van der Waals surface area contributed by atoms with Crippen LogP contribution in [0.15, 0.2) is 0 Å². The van der Waals surface area contributed by atoms with Gasteiger partial charge in [0, 0.05) is 18.2 Å². The lowest BCUT2D eigenvalue weighted by atomic mass is 9.93. The molecule has 0 aromatic carbocycles. The molecule has 0 amide bonds. The van der Waals surface area contributed by atoms with Gasteiger partial charge in [-0.3, -0.25) is 4.90 Å². The van der Waals surface area contributed by atoms with E-state index in [0.29, 0.717) is 12.1 Å². The van der Waals surface area contributed by atoms with Crippen LogP contribution >= 0.6 is 0 Å². The van der Waals surface area contributed by atoms with E-state index in [1.54, 1.807) is 0 Å². The van der Waals surface area contributed by atoms with Crippen molar-refractivity contribution in [2.45, 2.75) is 76.2 Å². The third-order valence-corrected chi connectivity index (χ3v) is 4.81. The second-order valence-corrected chi connectivity index (χ2v) is 7.25. The summed E-state index contributed by atoms with van der Waals surface area (Å²) in [4.78, 5) is 2.72. The first-order valence-corrected chi connectivity index (χ1v) is 7.53. The van der Waals surface area contributed by atoms with Crippen LogP contribution in [0.1, 0.15) is 52.9 Å². The summed E-state index contributed by atoms with van der Waals surface area (Å²) in [6.07, 6.45) is 6.84. The largest absolute Gasteiger partial charge is 0.377 e. The summed E-state index contributed by atoms with van der Waals surface area (Å²) in [6, 6.07) is 0.671. The molecule has 0 saturated carbocycles. The predicted octanol–water partition coefficient (Wildman–Crippen LogP) is 2.59. The number of nitrogens with zero attached hydrogens (tertiary/aromatic N) is 1. The van der Waals surface area contributed by atoms with Crippen LogP contribution in [0, 0.1) is 0 Å². The molecule has 3 aliphatic rings. The van der Waals surface area contributed by atoms with Crippen LogP contribution in [0.5, 0.6) is 0 Å². The molecule has 3 nitrogen and oxygen atoms in total. The highest BCUT2D eigenvalue weighted by molar-refractivity contribution is 5.09. The number of hydrogen-bond acceptors (Lipinski definition) is 3. The van der Waals surface area contributed by atoms with Crippen LogP contribution < -0.4 is 0 Å². The minimum atomic E-state index is -0.0301. The van der Waals surface area contributed by atoms with E-state index in [-0.39, 0.29) is 11.1 Å². The van der Waals surface area contributed by atoms with Gasteiger partial charge in [-0.25, -0.2) is 0 Å². The normalized spacial score (nSPS) is 40.8. The summed E-state index contributed by atoms with van der Waals surface area (Å²) in [5.74, 6) is 0. The minimum absolute atomic E-state index is 0.0301. The standard InChI is InChI=1S/C15H27NO2/c1-14(2,3)18-11-15-7-5-8-16(15)12-6-4-9-17-13(12)10-15/h12-13H,4-11H2,1-3H3. The first-order chi connectivity index (χ1) is 8.50. The van der Waals surface area contributed by atoms with Crippen molar-refractivity contribution in [2.75, 3.05) is 19.8 Å². The van der Waals surface area contributed by atoms with E-state index < -0.39 is 0 Å². The van der Waals surface area contributed by atoms with Gasteiger partial charge in [-0.2, -0.15) is 0 Å². The fraction of sp³-hybridized carbons (Fsp3) is 1.00. The van der Waals surface area contributed by atoms with Gasteiger partial charge in [0.25, 0.3) is 0 Å². The maximum atomic E-state index is 6.13. The number of ether oxygens (including phenoxy) is 2. The highest BCUT2D eigenvalue weighted by Gasteiger charge is 2.55. The molecule has 3 heterocycles. The van der Waals surface area contributed by atoms with Crippen LogP contribution in [0.25, 0.3) is 0 Å². The fourth-order valence-corrected chi connectivity index (χ4v) is 4.01. The molecule has 3 fully saturated rings. The molecule has 3 saturated heterocycles. The Hall–Kier alpha value is -0.120. The van der Waals surface area contributed by atoms with E-state index in [0.717, 1.165) is 13.2 Å². The average molecular weight is 253 g/mol. The monoisotopic (exact) mass is 253 g/mol. The molecular weight excluding hydrogens is 226 g/mol. The van der Waals surface area contributed by atoms with E-state index in [4.69, 9.17) is 9.47 Å². The summed E-state index contributed by atoms with van der Waals surface area (Å²) in [7, 11) is 0. The Morgan fingerprint density at radius 2 is 2.17 bits per heavy atom. The zero-order chi connectivity index (χ0) is 12.8. The Kier molecular flexibility index (Phi) is 3.20. The molecule has 0 aromatic heterocycles. The smallest absolute Gasteiger partial charge is 0.0748 e. The van der Waals surface area contributed by atoms with Gasteiger partial charge in [0.1, 0.15) is 0 Å². The molecule has 3 rings (SSSR count). The SMILES string of the molecule is CC(C)(C)OCC12CCCN1C1CCCOC1C2. The number of fused-ring (bicyclic) bond motifs is 3. The minimum Gasteiger partial charge on any atom is -0.377 e. The van der Waals surface area contributed by atoms with Crippen LogP contribution in [-0.4, -0.2) is 47.9 Å². The summed E-state index contributed by atoms with van der Waals surface area (Å²) in [5.41, 5.74) is 0.255. The van der Waals surface area contributed by atoms with Gasteiger partial charge in [-0.1, -0.05) is 0 Å². The Labute approximate surface area is 111 Å². The maximum absolute atomic E-state index is 6.13. The van der Waals surface area contributed by atoms with Crippen LogP contribution in [0.3, 0.4) is 0 Å². The lowest BCUT2D eigenvalue weighted by Gasteiger charge is -2.37. The third-order valence-electron chi connectivity index (χ3n) is 4.81. The van der Waals surface area contributed by atoms with Crippen molar-refractivity contribution >= 4 is 0 Å². The molecule has 0 radical (unpaired) electrons. The zero-order valence-corrected chi connectivity index (χ0v) is 12.1. The van der Waals surface area contributed by atoms with Crippen LogP contribution in [0.4, 0.5) is 0 Å². The van der Waals surface area contributed by atoms with Crippen LogP contribution in [0.2, 0.25) is 0 Å². The van der Waals surface area contributed by atoms with Gasteiger partial charge in [-0.15, -0.1) is 0 Å².